The molecule has 0 aliphatic carbocycles. The second-order valence-electron chi connectivity index (χ2n) is 3.36. The van der Waals surface area contributed by atoms with Gasteiger partial charge in [0.15, 0.2) is 0 Å². The van der Waals surface area contributed by atoms with Crippen LogP contribution in [0.2, 0.25) is 0 Å². The molecule has 0 radical (unpaired) electrons. The van der Waals surface area contributed by atoms with Crippen LogP contribution in [0, 0.1) is 6.92 Å². The van der Waals surface area contributed by atoms with Crippen LogP contribution in [0.25, 0.3) is 0 Å². The van der Waals surface area contributed by atoms with E-state index in [9.17, 15) is 0 Å². The first-order valence-electron chi connectivity index (χ1n) is 4.54. The largest absolute Gasteiger partial charge is 0.396 e. The van der Waals surface area contributed by atoms with Gasteiger partial charge in [-0.15, -0.1) is 10.2 Å². The lowest BCUT2D eigenvalue weighted by molar-refractivity contribution is 0.245. The van der Waals surface area contributed by atoms with E-state index >= 15 is 0 Å². The Bertz CT molecular complexity index is 296. The Balaban J connectivity index is 2.13. The van der Waals surface area contributed by atoms with E-state index in [0.29, 0.717) is 6.04 Å². The zero-order valence-electron chi connectivity index (χ0n) is 7.69. The van der Waals surface area contributed by atoms with E-state index in [2.05, 4.69) is 20.1 Å². The van der Waals surface area contributed by atoms with Crippen LogP contribution in [-0.2, 0) is 13.1 Å². The van der Waals surface area contributed by atoms with Crippen molar-refractivity contribution in [3.05, 3.63) is 11.6 Å². The fourth-order valence-corrected chi connectivity index (χ4v) is 1.66. The molecule has 0 aromatic carbocycles. The molecule has 5 nitrogen and oxygen atoms in total. The zero-order valence-corrected chi connectivity index (χ0v) is 7.69. The SMILES string of the molecule is Cc1nnc2n1CC(CCO)NC2. The topological polar surface area (TPSA) is 63.0 Å². The van der Waals surface area contributed by atoms with Crippen LogP contribution in [0.4, 0.5) is 0 Å². The monoisotopic (exact) mass is 182 g/mol. The van der Waals surface area contributed by atoms with Crippen molar-refractivity contribution in [2.75, 3.05) is 6.61 Å². The Morgan fingerprint density at radius 3 is 3.23 bits per heavy atom. The van der Waals surface area contributed by atoms with Crippen molar-refractivity contribution in [1.82, 2.24) is 20.1 Å². The Morgan fingerprint density at radius 2 is 2.46 bits per heavy atom. The highest BCUT2D eigenvalue weighted by molar-refractivity contribution is 4.98. The Kier molecular flexibility index (Phi) is 2.28. The molecule has 0 fully saturated rings. The number of aliphatic hydroxyl groups excluding tert-OH is 1. The Hall–Kier alpha value is -0.940. The predicted molar refractivity (Wildman–Crippen MR) is 47.1 cm³/mol. The van der Waals surface area contributed by atoms with Crippen LogP contribution in [0.1, 0.15) is 18.1 Å². The summed E-state index contributed by atoms with van der Waals surface area (Å²) in [7, 11) is 0. The molecule has 13 heavy (non-hydrogen) atoms. The van der Waals surface area contributed by atoms with Crippen molar-refractivity contribution in [1.29, 1.82) is 0 Å². The van der Waals surface area contributed by atoms with Crippen molar-refractivity contribution < 1.29 is 5.11 Å². The lowest BCUT2D eigenvalue weighted by Crippen LogP contribution is -2.39. The van der Waals surface area contributed by atoms with E-state index < -0.39 is 0 Å². The van der Waals surface area contributed by atoms with Crippen LogP contribution in [0.15, 0.2) is 0 Å². The van der Waals surface area contributed by atoms with Crippen molar-refractivity contribution in [2.45, 2.75) is 32.5 Å². The third kappa shape index (κ3) is 1.57. The molecular weight excluding hydrogens is 168 g/mol. The summed E-state index contributed by atoms with van der Waals surface area (Å²) >= 11 is 0. The summed E-state index contributed by atoms with van der Waals surface area (Å²) in [5, 5.41) is 20.2. The number of aromatic nitrogens is 3. The normalized spacial score (nSPS) is 21.5. The summed E-state index contributed by atoms with van der Waals surface area (Å²) in [6.45, 7) is 3.81. The van der Waals surface area contributed by atoms with E-state index in [4.69, 9.17) is 5.11 Å². The number of hydrogen-bond acceptors (Lipinski definition) is 4. The van der Waals surface area contributed by atoms with Crippen LogP contribution in [-0.4, -0.2) is 32.5 Å². The molecule has 1 unspecified atom stereocenters. The summed E-state index contributed by atoms with van der Waals surface area (Å²) in [4.78, 5) is 0. The molecule has 1 aromatic rings. The molecule has 2 heterocycles. The number of fused-ring (bicyclic) bond motifs is 1. The lowest BCUT2D eigenvalue weighted by atomic mass is 10.2. The maximum Gasteiger partial charge on any atom is 0.147 e. The molecular formula is C8H14N4O. The molecule has 2 N–H and O–H groups in total. The molecule has 2 rings (SSSR count). The van der Waals surface area contributed by atoms with Crippen LogP contribution < -0.4 is 5.32 Å². The minimum absolute atomic E-state index is 0.230. The molecule has 0 bridgehead atoms. The van der Waals surface area contributed by atoms with Gasteiger partial charge in [0.2, 0.25) is 0 Å². The molecule has 0 saturated heterocycles. The van der Waals surface area contributed by atoms with Gasteiger partial charge in [0, 0.05) is 19.2 Å². The third-order valence-electron chi connectivity index (χ3n) is 2.44. The highest BCUT2D eigenvalue weighted by Crippen LogP contribution is 2.10. The standard InChI is InChI=1S/C8H14N4O/c1-6-10-11-8-4-9-7(2-3-13)5-12(6)8/h7,9,13H,2-5H2,1H3. The van der Waals surface area contributed by atoms with Crippen LogP contribution in [0.3, 0.4) is 0 Å². The first-order chi connectivity index (χ1) is 6.31. The van der Waals surface area contributed by atoms with Gasteiger partial charge in [-0.2, -0.15) is 0 Å². The number of nitrogens with one attached hydrogen (secondary N) is 1. The van der Waals surface area contributed by atoms with Gasteiger partial charge >= 0.3 is 0 Å². The summed E-state index contributed by atoms with van der Waals surface area (Å²) in [5.74, 6) is 1.95. The maximum absolute atomic E-state index is 8.81. The molecule has 72 valence electrons. The Labute approximate surface area is 76.8 Å². The molecule has 5 heteroatoms. The summed E-state index contributed by atoms with van der Waals surface area (Å²) < 4.78 is 2.11. The maximum atomic E-state index is 8.81. The fourth-order valence-electron chi connectivity index (χ4n) is 1.66. The van der Waals surface area contributed by atoms with Crippen LogP contribution >= 0.6 is 0 Å². The minimum atomic E-state index is 0.230. The molecule has 1 aromatic heterocycles. The first-order valence-corrected chi connectivity index (χ1v) is 4.54. The molecule has 0 amide bonds. The molecule has 0 spiro atoms. The Morgan fingerprint density at radius 1 is 1.62 bits per heavy atom. The van der Waals surface area contributed by atoms with Crippen molar-refractivity contribution in [2.24, 2.45) is 0 Å². The predicted octanol–water partition coefficient (Wildman–Crippen LogP) is -0.559. The number of rotatable bonds is 2. The summed E-state index contributed by atoms with van der Waals surface area (Å²) in [5.41, 5.74) is 0. The van der Waals surface area contributed by atoms with Gasteiger partial charge in [-0.1, -0.05) is 0 Å². The van der Waals surface area contributed by atoms with Gasteiger partial charge in [-0.3, -0.25) is 0 Å². The van der Waals surface area contributed by atoms with E-state index in [1.54, 1.807) is 0 Å². The quantitative estimate of drug-likeness (QED) is 0.643. The van der Waals surface area contributed by atoms with Gasteiger partial charge in [0.1, 0.15) is 11.6 Å². The number of nitrogens with zero attached hydrogens (tertiary/aromatic N) is 3. The average molecular weight is 182 g/mol. The lowest BCUT2D eigenvalue weighted by Gasteiger charge is -2.24. The van der Waals surface area contributed by atoms with E-state index in [0.717, 1.165) is 31.2 Å². The smallest absolute Gasteiger partial charge is 0.147 e. The van der Waals surface area contributed by atoms with Gasteiger partial charge in [0.05, 0.1) is 6.54 Å². The van der Waals surface area contributed by atoms with Gasteiger partial charge in [-0.05, 0) is 13.3 Å². The molecule has 1 atom stereocenters. The molecule has 0 saturated carbocycles. The van der Waals surface area contributed by atoms with Crippen molar-refractivity contribution in [3.63, 3.8) is 0 Å². The van der Waals surface area contributed by atoms with Gasteiger partial charge in [-0.25, -0.2) is 0 Å². The van der Waals surface area contributed by atoms with Gasteiger partial charge in [0.25, 0.3) is 0 Å². The molecule has 1 aliphatic heterocycles. The first kappa shape index (κ1) is 8.65. The highest BCUT2D eigenvalue weighted by atomic mass is 16.3. The van der Waals surface area contributed by atoms with E-state index in [1.165, 1.54) is 0 Å². The second-order valence-corrected chi connectivity index (χ2v) is 3.36. The van der Waals surface area contributed by atoms with E-state index in [-0.39, 0.29) is 6.61 Å². The minimum Gasteiger partial charge on any atom is -0.396 e. The van der Waals surface area contributed by atoms with Gasteiger partial charge < -0.3 is 15.0 Å². The average Bonchev–Trinajstić information content (AvgIpc) is 2.49. The van der Waals surface area contributed by atoms with E-state index in [1.807, 2.05) is 6.92 Å². The van der Waals surface area contributed by atoms with Crippen LogP contribution in [0.5, 0.6) is 0 Å². The second kappa shape index (κ2) is 3.43. The zero-order chi connectivity index (χ0) is 9.26. The summed E-state index contributed by atoms with van der Waals surface area (Å²) in [6.07, 6.45) is 0.789. The number of hydrogen-bond donors (Lipinski definition) is 2. The fraction of sp³-hybridized carbons (Fsp3) is 0.750. The summed E-state index contributed by atoms with van der Waals surface area (Å²) in [6, 6.07) is 0.354. The van der Waals surface area contributed by atoms with Crippen molar-refractivity contribution >= 4 is 0 Å². The number of aliphatic hydroxyl groups is 1. The third-order valence-corrected chi connectivity index (χ3v) is 2.44. The van der Waals surface area contributed by atoms with Crippen molar-refractivity contribution in [3.8, 4) is 0 Å². The number of aryl methyl sites for hydroxylation is 1. The molecule has 1 aliphatic rings. The highest BCUT2D eigenvalue weighted by Gasteiger charge is 2.19.